The summed E-state index contributed by atoms with van der Waals surface area (Å²) in [5.74, 6) is -0.387. The van der Waals surface area contributed by atoms with Crippen LogP contribution in [0, 0.1) is 5.82 Å². The van der Waals surface area contributed by atoms with Crippen molar-refractivity contribution in [1.29, 1.82) is 0 Å². The van der Waals surface area contributed by atoms with Gasteiger partial charge in [0.05, 0.1) is 0 Å². The van der Waals surface area contributed by atoms with E-state index in [4.69, 9.17) is 0 Å². The van der Waals surface area contributed by atoms with Crippen molar-refractivity contribution in [2.75, 3.05) is 0 Å². The minimum atomic E-state index is -0.387. The van der Waals surface area contributed by atoms with E-state index in [1.54, 1.807) is 24.3 Å². The van der Waals surface area contributed by atoms with Crippen molar-refractivity contribution in [2.24, 2.45) is 0 Å². The van der Waals surface area contributed by atoms with Crippen LogP contribution in [0.25, 0.3) is 11.6 Å². The predicted molar refractivity (Wildman–Crippen MR) is 66.8 cm³/mol. The van der Waals surface area contributed by atoms with E-state index in [9.17, 15) is 9.18 Å². The average Bonchev–Trinajstić information content (AvgIpc) is 2.38. The topological polar surface area (TPSA) is 17.1 Å². The van der Waals surface area contributed by atoms with E-state index in [-0.39, 0.29) is 5.82 Å². The molecular weight excluding hydrogens is 215 g/mol. The fourth-order valence-electron chi connectivity index (χ4n) is 1.60. The summed E-state index contributed by atoms with van der Waals surface area (Å²) >= 11 is 0. The molecule has 2 heteroatoms. The van der Waals surface area contributed by atoms with E-state index in [1.165, 1.54) is 6.07 Å². The Morgan fingerprint density at radius 1 is 0.941 bits per heavy atom. The number of benzene rings is 2. The van der Waals surface area contributed by atoms with Crippen LogP contribution >= 0.6 is 0 Å². The van der Waals surface area contributed by atoms with Crippen LogP contribution < -0.4 is 0 Å². The molecule has 0 amide bonds. The fraction of sp³-hybridized carbons (Fsp3) is 0. The van der Waals surface area contributed by atoms with Crippen LogP contribution in [0.15, 0.2) is 54.6 Å². The molecule has 2 aromatic carbocycles. The summed E-state index contributed by atoms with van der Waals surface area (Å²) in [5.41, 5.74) is 1.54. The van der Waals surface area contributed by atoms with Crippen molar-refractivity contribution in [3.05, 3.63) is 71.5 Å². The Morgan fingerprint density at radius 2 is 1.59 bits per heavy atom. The van der Waals surface area contributed by atoms with Crippen LogP contribution in [0.4, 0.5) is 4.39 Å². The number of hydrogen-bond acceptors (Lipinski definition) is 1. The van der Waals surface area contributed by atoms with E-state index in [1.807, 2.05) is 30.3 Å². The molecule has 1 nitrogen and oxygen atoms in total. The van der Waals surface area contributed by atoms with Crippen LogP contribution in [0.3, 0.4) is 0 Å². The van der Waals surface area contributed by atoms with Crippen molar-refractivity contribution in [3.8, 4) is 0 Å². The molecule has 0 radical (unpaired) electrons. The molecule has 0 unspecified atom stereocenters. The van der Waals surface area contributed by atoms with Gasteiger partial charge in [0.2, 0.25) is 0 Å². The molecule has 0 saturated carbocycles. The van der Waals surface area contributed by atoms with Crippen LogP contribution in [0.2, 0.25) is 0 Å². The zero-order chi connectivity index (χ0) is 12.1. The number of halogens is 1. The Balaban J connectivity index is 2.45. The second-order valence-electron chi connectivity index (χ2n) is 3.61. The standard InChI is InChI=1S/C15H11FO/c16-15-9-5-4-8-14(15)13(11-17)10-12-6-2-1-3-7-12/h1-11H. The molecule has 0 fully saturated rings. The zero-order valence-electron chi connectivity index (χ0n) is 9.14. The molecule has 0 atom stereocenters. The largest absolute Gasteiger partial charge is 0.298 e. The minimum Gasteiger partial charge on any atom is -0.298 e. The maximum Gasteiger partial charge on any atom is 0.150 e. The van der Waals surface area contributed by atoms with Crippen LogP contribution in [0.1, 0.15) is 11.1 Å². The van der Waals surface area contributed by atoms with Gasteiger partial charge < -0.3 is 0 Å². The SMILES string of the molecule is O=CC(=Cc1ccccc1)c1ccccc1F. The van der Waals surface area contributed by atoms with Crippen molar-refractivity contribution >= 4 is 17.9 Å². The third-order valence-corrected chi connectivity index (χ3v) is 2.43. The van der Waals surface area contributed by atoms with E-state index >= 15 is 0 Å². The number of aldehydes is 1. The molecule has 0 spiro atoms. The first-order valence-electron chi connectivity index (χ1n) is 5.28. The molecule has 17 heavy (non-hydrogen) atoms. The smallest absolute Gasteiger partial charge is 0.150 e. The lowest BCUT2D eigenvalue weighted by Gasteiger charge is -2.02. The summed E-state index contributed by atoms with van der Waals surface area (Å²) in [6.45, 7) is 0. The normalized spacial score (nSPS) is 11.2. The van der Waals surface area contributed by atoms with Gasteiger partial charge in [0.15, 0.2) is 6.29 Å². The second kappa shape index (κ2) is 5.21. The van der Waals surface area contributed by atoms with Gasteiger partial charge in [0, 0.05) is 11.1 Å². The highest BCUT2D eigenvalue weighted by atomic mass is 19.1. The fourth-order valence-corrected chi connectivity index (χ4v) is 1.60. The molecule has 0 aliphatic rings. The molecule has 0 N–H and O–H groups in total. The number of hydrogen-bond donors (Lipinski definition) is 0. The molecule has 0 aliphatic carbocycles. The summed E-state index contributed by atoms with van der Waals surface area (Å²) in [5, 5.41) is 0. The molecule has 2 rings (SSSR count). The first-order valence-corrected chi connectivity index (χ1v) is 5.28. The Hall–Kier alpha value is -2.22. The van der Waals surface area contributed by atoms with E-state index in [2.05, 4.69) is 0 Å². The van der Waals surface area contributed by atoms with Crippen molar-refractivity contribution in [2.45, 2.75) is 0 Å². The first-order chi connectivity index (χ1) is 8.31. The Labute approximate surface area is 99.2 Å². The first kappa shape index (κ1) is 11.3. The minimum absolute atomic E-state index is 0.325. The van der Waals surface area contributed by atoms with Gasteiger partial charge in [-0.3, -0.25) is 4.79 Å². The average molecular weight is 226 g/mol. The lowest BCUT2D eigenvalue weighted by Crippen LogP contribution is -1.90. The van der Waals surface area contributed by atoms with Gasteiger partial charge in [-0.1, -0.05) is 48.5 Å². The van der Waals surface area contributed by atoms with Gasteiger partial charge in [-0.15, -0.1) is 0 Å². The highest BCUT2D eigenvalue weighted by Crippen LogP contribution is 2.19. The van der Waals surface area contributed by atoms with Crippen LogP contribution in [0.5, 0.6) is 0 Å². The number of carbonyl (C=O) groups excluding carboxylic acids is 1. The van der Waals surface area contributed by atoms with Gasteiger partial charge in [0.1, 0.15) is 5.82 Å². The highest BCUT2D eigenvalue weighted by molar-refractivity contribution is 6.13. The zero-order valence-corrected chi connectivity index (χ0v) is 9.14. The molecule has 2 aromatic rings. The molecule has 0 heterocycles. The summed E-state index contributed by atoms with van der Waals surface area (Å²) in [7, 11) is 0. The number of rotatable bonds is 3. The lowest BCUT2D eigenvalue weighted by molar-refractivity contribution is -0.103. The molecule has 84 valence electrons. The van der Waals surface area contributed by atoms with Crippen LogP contribution in [-0.4, -0.2) is 6.29 Å². The quantitative estimate of drug-likeness (QED) is 0.444. The second-order valence-corrected chi connectivity index (χ2v) is 3.61. The van der Waals surface area contributed by atoms with E-state index < -0.39 is 0 Å². The number of carbonyl (C=O) groups is 1. The summed E-state index contributed by atoms with van der Waals surface area (Å²) < 4.78 is 13.5. The summed E-state index contributed by atoms with van der Waals surface area (Å²) in [6, 6.07) is 15.6. The van der Waals surface area contributed by atoms with Gasteiger partial charge in [0.25, 0.3) is 0 Å². The van der Waals surface area contributed by atoms with Crippen molar-refractivity contribution < 1.29 is 9.18 Å². The summed E-state index contributed by atoms with van der Waals surface area (Å²) in [4.78, 5) is 11.0. The van der Waals surface area contributed by atoms with E-state index in [0.717, 1.165) is 5.56 Å². The Bertz CT molecular complexity index is 544. The molecule has 0 saturated heterocycles. The van der Waals surface area contributed by atoms with Gasteiger partial charge >= 0.3 is 0 Å². The highest BCUT2D eigenvalue weighted by Gasteiger charge is 2.05. The number of allylic oxidation sites excluding steroid dienone is 1. The van der Waals surface area contributed by atoms with Crippen molar-refractivity contribution in [1.82, 2.24) is 0 Å². The lowest BCUT2D eigenvalue weighted by atomic mass is 10.0. The van der Waals surface area contributed by atoms with E-state index in [0.29, 0.717) is 17.4 Å². The Kier molecular flexibility index (Phi) is 3.46. The molecule has 0 aromatic heterocycles. The third kappa shape index (κ3) is 2.67. The molecule has 0 bridgehead atoms. The Morgan fingerprint density at radius 3 is 2.24 bits per heavy atom. The predicted octanol–water partition coefficient (Wildman–Crippen LogP) is 3.57. The molecular formula is C15H11FO. The summed E-state index contributed by atoms with van der Waals surface area (Å²) in [6.07, 6.45) is 2.34. The maximum absolute atomic E-state index is 13.5. The van der Waals surface area contributed by atoms with Crippen LogP contribution in [-0.2, 0) is 4.79 Å². The van der Waals surface area contributed by atoms with Gasteiger partial charge in [-0.25, -0.2) is 4.39 Å². The third-order valence-electron chi connectivity index (χ3n) is 2.43. The monoisotopic (exact) mass is 226 g/mol. The maximum atomic E-state index is 13.5. The van der Waals surface area contributed by atoms with Crippen molar-refractivity contribution in [3.63, 3.8) is 0 Å². The van der Waals surface area contributed by atoms with Gasteiger partial charge in [-0.2, -0.15) is 0 Å². The van der Waals surface area contributed by atoms with Gasteiger partial charge in [-0.05, 0) is 17.7 Å². The molecule has 0 aliphatic heterocycles.